The molecule has 0 amide bonds. The van der Waals surface area contributed by atoms with Gasteiger partial charge in [0.05, 0.1) is 12.3 Å². The quantitative estimate of drug-likeness (QED) is 0.743. The molecular formula is C15H16ClNO2S. The molecule has 1 aliphatic rings. The summed E-state index contributed by atoms with van der Waals surface area (Å²) in [5, 5.41) is 0. The van der Waals surface area contributed by atoms with E-state index in [1.807, 2.05) is 24.3 Å². The van der Waals surface area contributed by atoms with Gasteiger partial charge in [-0.2, -0.15) is 0 Å². The number of nitrogens with zero attached hydrogens (tertiary/aromatic N) is 1. The average molecular weight is 310 g/mol. The summed E-state index contributed by atoms with van der Waals surface area (Å²) >= 11 is 7.68. The van der Waals surface area contributed by atoms with Crippen LogP contribution in [-0.2, 0) is 4.74 Å². The molecule has 0 unspecified atom stereocenters. The number of hydrogen-bond donors (Lipinski definition) is 0. The van der Waals surface area contributed by atoms with Gasteiger partial charge in [0.2, 0.25) is 0 Å². The summed E-state index contributed by atoms with van der Waals surface area (Å²) < 4.78 is 11.2. The van der Waals surface area contributed by atoms with Crippen molar-refractivity contribution in [3.05, 3.63) is 33.6 Å². The molecular weight excluding hydrogens is 294 g/mol. The largest absolute Gasteiger partial charge is 0.491 e. The SMILES string of the molecule is COCCOc1ccc(-c2nc(Cl)sc2C2CC2)cc1. The van der Waals surface area contributed by atoms with Crippen LogP contribution in [0.25, 0.3) is 11.3 Å². The third kappa shape index (κ3) is 3.14. The van der Waals surface area contributed by atoms with E-state index < -0.39 is 0 Å². The topological polar surface area (TPSA) is 31.4 Å². The highest BCUT2D eigenvalue weighted by molar-refractivity contribution is 7.16. The van der Waals surface area contributed by atoms with E-state index in [0.717, 1.165) is 17.0 Å². The molecule has 0 bridgehead atoms. The molecule has 3 rings (SSSR count). The Bertz CT molecular complexity index is 578. The predicted octanol–water partition coefficient (Wildman–Crippen LogP) is 4.37. The first-order chi connectivity index (χ1) is 9.78. The van der Waals surface area contributed by atoms with E-state index in [0.29, 0.717) is 23.6 Å². The van der Waals surface area contributed by atoms with Gasteiger partial charge in [-0.05, 0) is 43.0 Å². The van der Waals surface area contributed by atoms with Gasteiger partial charge in [0.1, 0.15) is 12.4 Å². The average Bonchev–Trinajstić information content (AvgIpc) is 3.23. The summed E-state index contributed by atoms with van der Waals surface area (Å²) in [7, 11) is 1.66. The van der Waals surface area contributed by atoms with Crippen molar-refractivity contribution in [1.29, 1.82) is 0 Å². The van der Waals surface area contributed by atoms with Crippen LogP contribution in [0.2, 0.25) is 4.47 Å². The van der Waals surface area contributed by atoms with Crippen molar-refractivity contribution in [3.8, 4) is 17.0 Å². The van der Waals surface area contributed by atoms with Crippen molar-refractivity contribution in [2.24, 2.45) is 0 Å². The molecule has 20 heavy (non-hydrogen) atoms. The van der Waals surface area contributed by atoms with Gasteiger partial charge in [0, 0.05) is 17.6 Å². The molecule has 5 heteroatoms. The zero-order chi connectivity index (χ0) is 13.9. The number of methoxy groups -OCH3 is 1. The summed E-state index contributed by atoms with van der Waals surface area (Å²) in [5.74, 6) is 1.51. The second-order valence-corrected chi connectivity index (χ2v) is 6.43. The van der Waals surface area contributed by atoms with Crippen LogP contribution in [0.1, 0.15) is 23.6 Å². The molecule has 3 nitrogen and oxygen atoms in total. The molecule has 2 aromatic rings. The Hall–Kier alpha value is -1.10. The van der Waals surface area contributed by atoms with Crippen molar-refractivity contribution in [2.45, 2.75) is 18.8 Å². The lowest BCUT2D eigenvalue weighted by atomic mass is 10.1. The molecule has 106 valence electrons. The fourth-order valence-electron chi connectivity index (χ4n) is 2.09. The Kier molecular flexibility index (Phi) is 4.24. The minimum atomic E-state index is 0.561. The van der Waals surface area contributed by atoms with Crippen molar-refractivity contribution >= 4 is 22.9 Å². The van der Waals surface area contributed by atoms with E-state index in [-0.39, 0.29) is 0 Å². The van der Waals surface area contributed by atoms with Gasteiger partial charge in [-0.15, -0.1) is 11.3 Å². The maximum absolute atomic E-state index is 6.07. The summed E-state index contributed by atoms with van der Waals surface area (Å²) in [6.45, 7) is 1.15. The monoisotopic (exact) mass is 309 g/mol. The summed E-state index contributed by atoms with van der Waals surface area (Å²) in [5.41, 5.74) is 2.14. The first-order valence-corrected chi connectivity index (χ1v) is 7.86. The Morgan fingerprint density at radius 3 is 2.65 bits per heavy atom. The Morgan fingerprint density at radius 1 is 1.25 bits per heavy atom. The highest BCUT2D eigenvalue weighted by Gasteiger charge is 2.29. The van der Waals surface area contributed by atoms with Crippen LogP contribution in [0, 0.1) is 0 Å². The van der Waals surface area contributed by atoms with Crippen molar-refractivity contribution in [3.63, 3.8) is 0 Å². The molecule has 0 atom stereocenters. The highest BCUT2D eigenvalue weighted by atomic mass is 35.5. The lowest BCUT2D eigenvalue weighted by molar-refractivity contribution is 0.146. The van der Waals surface area contributed by atoms with Gasteiger partial charge in [0.25, 0.3) is 0 Å². The number of hydrogen-bond acceptors (Lipinski definition) is 4. The maximum Gasteiger partial charge on any atom is 0.184 e. The first kappa shape index (κ1) is 13.9. The zero-order valence-electron chi connectivity index (χ0n) is 11.3. The number of rotatable bonds is 6. The predicted molar refractivity (Wildman–Crippen MR) is 81.9 cm³/mol. The number of halogens is 1. The van der Waals surface area contributed by atoms with Gasteiger partial charge in [-0.1, -0.05) is 11.6 Å². The maximum atomic E-state index is 6.07. The molecule has 1 aromatic heterocycles. The van der Waals surface area contributed by atoms with Gasteiger partial charge in [-0.25, -0.2) is 4.98 Å². The van der Waals surface area contributed by atoms with Crippen LogP contribution in [0.5, 0.6) is 5.75 Å². The Morgan fingerprint density at radius 2 is 2.00 bits per heavy atom. The normalized spacial score (nSPS) is 14.5. The van der Waals surface area contributed by atoms with Crippen LogP contribution in [-0.4, -0.2) is 25.3 Å². The molecule has 1 saturated carbocycles. The second kappa shape index (κ2) is 6.12. The molecule has 1 aliphatic carbocycles. The van der Waals surface area contributed by atoms with Crippen molar-refractivity contribution < 1.29 is 9.47 Å². The second-order valence-electron chi connectivity index (χ2n) is 4.82. The summed E-state index contributed by atoms with van der Waals surface area (Å²) in [6.07, 6.45) is 2.51. The van der Waals surface area contributed by atoms with E-state index in [9.17, 15) is 0 Å². The fourth-order valence-corrected chi connectivity index (χ4v) is 3.40. The summed E-state index contributed by atoms with van der Waals surface area (Å²) in [4.78, 5) is 5.79. The molecule has 1 heterocycles. The smallest absolute Gasteiger partial charge is 0.184 e. The van der Waals surface area contributed by atoms with E-state index in [1.165, 1.54) is 17.7 Å². The van der Waals surface area contributed by atoms with E-state index in [1.54, 1.807) is 18.4 Å². The van der Waals surface area contributed by atoms with Gasteiger partial charge in [0.15, 0.2) is 4.47 Å². The van der Waals surface area contributed by atoms with Crippen molar-refractivity contribution in [1.82, 2.24) is 4.98 Å². The molecule has 0 N–H and O–H groups in total. The Balaban J connectivity index is 1.77. The molecule has 0 spiro atoms. The molecule has 1 aromatic carbocycles. The van der Waals surface area contributed by atoms with Crippen LogP contribution < -0.4 is 4.74 Å². The third-order valence-corrected chi connectivity index (χ3v) is 4.58. The first-order valence-electron chi connectivity index (χ1n) is 6.66. The summed E-state index contributed by atoms with van der Waals surface area (Å²) in [6, 6.07) is 8.02. The molecule has 1 fully saturated rings. The number of aromatic nitrogens is 1. The Labute approximate surface area is 127 Å². The minimum absolute atomic E-state index is 0.561. The van der Waals surface area contributed by atoms with Gasteiger partial charge < -0.3 is 9.47 Å². The van der Waals surface area contributed by atoms with Crippen LogP contribution in [0.15, 0.2) is 24.3 Å². The van der Waals surface area contributed by atoms with Crippen LogP contribution in [0.4, 0.5) is 0 Å². The number of ether oxygens (including phenoxy) is 2. The van der Waals surface area contributed by atoms with E-state index in [4.69, 9.17) is 21.1 Å². The lowest BCUT2D eigenvalue weighted by Gasteiger charge is -2.06. The van der Waals surface area contributed by atoms with Gasteiger partial charge in [-0.3, -0.25) is 0 Å². The van der Waals surface area contributed by atoms with Crippen LogP contribution >= 0.6 is 22.9 Å². The minimum Gasteiger partial charge on any atom is -0.491 e. The molecule has 0 radical (unpaired) electrons. The molecule has 0 saturated heterocycles. The highest BCUT2D eigenvalue weighted by Crippen LogP contribution is 2.48. The zero-order valence-corrected chi connectivity index (χ0v) is 12.8. The number of benzene rings is 1. The van der Waals surface area contributed by atoms with Crippen molar-refractivity contribution in [2.75, 3.05) is 20.3 Å². The van der Waals surface area contributed by atoms with Gasteiger partial charge >= 0.3 is 0 Å². The standard InChI is InChI=1S/C15H16ClNO2S/c1-18-8-9-19-12-6-4-10(5-7-12)13-14(11-2-3-11)20-15(16)17-13/h4-7,11H,2-3,8-9H2,1H3. The fraction of sp³-hybridized carbons (Fsp3) is 0.400. The number of thiazole rings is 1. The van der Waals surface area contributed by atoms with E-state index >= 15 is 0 Å². The third-order valence-electron chi connectivity index (χ3n) is 3.26. The van der Waals surface area contributed by atoms with Crippen LogP contribution in [0.3, 0.4) is 0 Å². The molecule has 0 aliphatic heterocycles. The lowest BCUT2D eigenvalue weighted by Crippen LogP contribution is -2.03. The van der Waals surface area contributed by atoms with E-state index in [2.05, 4.69) is 4.98 Å².